The van der Waals surface area contributed by atoms with E-state index in [1.54, 1.807) is 16.7 Å². The summed E-state index contributed by atoms with van der Waals surface area (Å²) in [5.74, 6) is 0.902. The number of anilines is 1. The van der Waals surface area contributed by atoms with Crippen LogP contribution in [0.1, 0.15) is 29.2 Å². The molecule has 0 spiro atoms. The molecule has 0 aliphatic heterocycles. The Morgan fingerprint density at radius 2 is 1.41 bits per heavy atom. The van der Waals surface area contributed by atoms with E-state index in [0.717, 1.165) is 41.8 Å². The van der Waals surface area contributed by atoms with Crippen LogP contribution < -0.4 is 10.9 Å². The average molecular weight is 449 g/mol. The number of aromatic nitrogens is 3. The largest absolute Gasteiger partial charge is 0.365 e. The molecule has 2 aromatic carbocycles. The number of benzene rings is 2. The average Bonchev–Trinajstić information content (AvgIpc) is 3.29. The van der Waals surface area contributed by atoms with Gasteiger partial charge in [0.15, 0.2) is 0 Å². The third-order valence-electron chi connectivity index (χ3n) is 6.22. The van der Waals surface area contributed by atoms with Crippen molar-refractivity contribution in [1.82, 2.24) is 14.1 Å². The Kier molecular flexibility index (Phi) is 6.25. The fraction of sp³-hybridized carbons (Fsp3) is 0.172. The van der Waals surface area contributed by atoms with Gasteiger partial charge in [0.1, 0.15) is 5.82 Å². The molecule has 170 valence electrons. The highest BCUT2D eigenvalue weighted by molar-refractivity contribution is 5.90. The van der Waals surface area contributed by atoms with Crippen molar-refractivity contribution in [2.24, 2.45) is 0 Å². The van der Waals surface area contributed by atoms with E-state index < -0.39 is 0 Å². The first-order valence-electron chi connectivity index (χ1n) is 11.7. The summed E-state index contributed by atoms with van der Waals surface area (Å²) in [6.07, 6.45) is 6.85. The summed E-state index contributed by atoms with van der Waals surface area (Å²) in [6, 6.07) is 26.6. The van der Waals surface area contributed by atoms with Gasteiger partial charge in [-0.2, -0.15) is 0 Å². The molecular formula is C29H28N4O. The number of fused-ring (bicyclic) bond motifs is 1. The van der Waals surface area contributed by atoms with Crippen LogP contribution in [0, 0.1) is 0 Å². The molecule has 0 amide bonds. The van der Waals surface area contributed by atoms with E-state index in [1.807, 2.05) is 18.5 Å². The molecule has 1 N–H and O–H groups in total. The van der Waals surface area contributed by atoms with Gasteiger partial charge in [-0.05, 0) is 46.9 Å². The Balaban J connectivity index is 1.29. The van der Waals surface area contributed by atoms with Crippen LogP contribution >= 0.6 is 0 Å². The van der Waals surface area contributed by atoms with Crippen molar-refractivity contribution in [3.63, 3.8) is 0 Å². The molecule has 5 heteroatoms. The highest BCUT2D eigenvalue weighted by atomic mass is 16.1. The van der Waals surface area contributed by atoms with Gasteiger partial charge in [-0.1, -0.05) is 61.5 Å². The van der Waals surface area contributed by atoms with Crippen molar-refractivity contribution >= 4 is 16.7 Å². The molecule has 3 aromatic heterocycles. The summed E-state index contributed by atoms with van der Waals surface area (Å²) < 4.78 is 3.96. The molecule has 0 saturated carbocycles. The molecule has 0 radical (unpaired) electrons. The predicted octanol–water partition coefficient (Wildman–Crippen LogP) is 5.47. The molecule has 3 heterocycles. The summed E-state index contributed by atoms with van der Waals surface area (Å²) in [5.41, 5.74) is 6.08. The molecule has 0 aliphatic carbocycles. The lowest BCUT2D eigenvalue weighted by Gasteiger charge is -2.10. The SMILES string of the molecule is CCc1ccc(CNc2nccc3c2ccn3Cc2ccc(Cn3ccccc3=O)cc2)cc1. The highest BCUT2D eigenvalue weighted by Gasteiger charge is 2.08. The maximum atomic E-state index is 12.0. The van der Waals surface area contributed by atoms with E-state index in [-0.39, 0.29) is 5.56 Å². The molecule has 0 bridgehead atoms. The third-order valence-corrected chi connectivity index (χ3v) is 6.22. The normalized spacial score (nSPS) is 11.1. The van der Waals surface area contributed by atoms with Gasteiger partial charge in [0.05, 0.1) is 12.1 Å². The van der Waals surface area contributed by atoms with E-state index in [0.29, 0.717) is 6.54 Å². The zero-order chi connectivity index (χ0) is 23.3. The monoisotopic (exact) mass is 448 g/mol. The first kappa shape index (κ1) is 21.7. The first-order valence-corrected chi connectivity index (χ1v) is 11.7. The second kappa shape index (κ2) is 9.79. The second-order valence-corrected chi connectivity index (χ2v) is 8.54. The number of aryl methyl sites for hydroxylation is 1. The minimum atomic E-state index is 0.0152. The second-order valence-electron chi connectivity index (χ2n) is 8.54. The topological polar surface area (TPSA) is 51.9 Å². The maximum absolute atomic E-state index is 12.0. The van der Waals surface area contributed by atoms with Crippen LogP contribution in [0.2, 0.25) is 0 Å². The molecule has 5 aromatic rings. The Morgan fingerprint density at radius 3 is 2.12 bits per heavy atom. The van der Waals surface area contributed by atoms with Gasteiger partial charge in [-0.25, -0.2) is 4.98 Å². The number of rotatable bonds is 8. The van der Waals surface area contributed by atoms with Crippen LogP contribution in [0.5, 0.6) is 0 Å². The third kappa shape index (κ3) is 4.79. The molecule has 34 heavy (non-hydrogen) atoms. The molecule has 5 nitrogen and oxygen atoms in total. The minimum absolute atomic E-state index is 0.0152. The van der Waals surface area contributed by atoms with E-state index >= 15 is 0 Å². The van der Waals surface area contributed by atoms with E-state index in [4.69, 9.17) is 0 Å². The Labute approximate surface area is 199 Å². The van der Waals surface area contributed by atoms with Crippen LogP contribution in [0.15, 0.2) is 102 Å². The van der Waals surface area contributed by atoms with Crippen LogP contribution in [-0.2, 0) is 26.1 Å². The van der Waals surface area contributed by atoms with Crippen LogP contribution in [-0.4, -0.2) is 14.1 Å². The molecular weight excluding hydrogens is 420 g/mol. The Hall–Kier alpha value is -4.12. The fourth-order valence-electron chi connectivity index (χ4n) is 4.21. The smallest absolute Gasteiger partial charge is 0.250 e. The number of nitrogens with zero attached hydrogens (tertiary/aromatic N) is 3. The highest BCUT2D eigenvalue weighted by Crippen LogP contribution is 2.24. The Bertz CT molecular complexity index is 1450. The predicted molar refractivity (Wildman–Crippen MR) is 138 cm³/mol. The zero-order valence-corrected chi connectivity index (χ0v) is 19.3. The zero-order valence-electron chi connectivity index (χ0n) is 19.3. The van der Waals surface area contributed by atoms with Gasteiger partial charge in [0, 0.05) is 43.1 Å². The molecule has 0 fully saturated rings. The molecule has 5 rings (SSSR count). The fourth-order valence-corrected chi connectivity index (χ4v) is 4.21. The lowest BCUT2D eigenvalue weighted by atomic mass is 10.1. The van der Waals surface area contributed by atoms with Gasteiger partial charge in [0.2, 0.25) is 0 Å². The summed E-state index contributed by atoms with van der Waals surface area (Å²) in [5, 5.41) is 4.62. The minimum Gasteiger partial charge on any atom is -0.365 e. The van der Waals surface area contributed by atoms with Crippen molar-refractivity contribution in [3.05, 3.63) is 130 Å². The maximum Gasteiger partial charge on any atom is 0.250 e. The number of pyridine rings is 2. The van der Waals surface area contributed by atoms with Gasteiger partial charge in [-0.3, -0.25) is 4.79 Å². The molecule has 0 aliphatic rings. The van der Waals surface area contributed by atoms with Crippen molar-refractivity contribution in [2.45, 2.75) is 33.0 Å². The molecule has 0 unspecified atom stereocenters. The lowest BCUT2D eigenvalue weighted by Crippen LogP contribution is -2.18. The van der Waals surface area contributed by atoms with Crippen molar-refractivity contribution in [3.8, 4) is 0 Å². The van der Waals surface area contributed by atoms with Gasteiger partial charge in [0.25, 0.3) is 5.56 Å². The van der Waals surface area contributed by atoms with Crippen LogP contribution in [0.4, 0.5) is 5.82 Å². The number of nitrogens with one attached hydrogen (secondary N) is 1. The van der Waals surface area contributed by atoms with Crippen molar-refractivity contribution in [1.29, 1.82) is 0 Å². The summed E-state index contributed by atoms with van der Waals surface area (Å²) in [7, 11) is 0. The van der Waals surface area contributed by atoms with Crippen LogP contribution in [0.25, 0.3) is 10.9 Å². The summed E-state index contributed by atoms with van der Waals surface area (Å²) in [4.78, 5) is 16.5. The number of hydrogen-bond acceptors (Lipinski definition) is 3. The summed E-state index contributed by atoms with van der Waals surface area (Å²) in [6.45, 7) is 4.27. The van der Waals surface area contributed by atoms with Gasteiger partial charge < -0.3 is 14.5 Å². The van der Waals surface area contributed by atoms with E-state index in [9.17, 15) is 4.79 Å². The summed E-state index contributed by atoms with van der Waals surface area (Å²) >= 11 is 0. The van der Waals surface area contributed by atoms with E-state index in [2.05, 4.69) is 88.7 Å². The quantitative estimate of drug-likeness (QED) is 0.343. The Morgan fingerprint density at radius 1 is 0.735 bits per heavy atom. The van der Waals surface area contributed by atoms with E-state index in [1.165, 1.54) is 16.7 Å². The van der Waals surface area contributed by atoms with Crippen molar-refractivity contribution in [2.75, 3.05) is 5.32 Å². The van der Waals surface area contributed by atoms with Crippen LogP contribution in [0.3, 0.4) is 0 Å². The standard InChI is InChI=1S/C29H28N4O/c1-2-22-6-8-23(9-7-22)19-31-29-26-15-18-32(27(26)14-16-30-29)20-24-10-12-25(13-11-24)21-33-17-4-3-5-28(33)34/h3-18H,2,19-21H2,1H3,(H,30,31). The van der Waals surface area contributed by atoms with Gasteiger partial charge in [-0.15, -0.1) is 0 Å². The first-order chi connectivity index (χ1) is 16.7. The van der Waals surface area contributed by atoms with Gasteiger partial charge >= 0.3 is 0 Å². The van der Waals surface area contributed by atoms with Crippen molar-refractivity contribution < 1.29 is 0 Å². The molecule has 0 atom stereocenters. The molecule has 0 saturated heterocycles. The number of hydrogen-bond donors (Lipinski definition) is 1. The lowest BCUT2D eigenvalue weighted by molar-refractivity contribution is 0.758.